The van der Waals surface area contributed by atoms with Crippen LogP contribution in [0.5, 0.6) is 5.75 Å². The monoisotopic (exact) mass is 377 g/mol. The summed E-state index contributed by atoms with van der Waals surface area (Å²) in [5.41, 5.74) is 2.33. The summed E-state index contributed by atoms with van der Waals surface area (Å²) >= 11 is 0. The van der Waals surface area contributed by atoms with E-state index in [1.54, 1.807) is 0 Å². The molecule has 1 heterocycles. The minimum Gasteiger partial charge on any atom is -0.490 e. The van der Waals surface area contributed by atoms with Gasteiger partial charge in [-0.2, -0.15) is 4.98 Å². The summed E-state index contributed by atoms with van der Waals surface area (Å²) in [6.45, 7) is 2.74. The van der Waals surface area contributed by atoms with Gasteiger partial charge < -0.3 is 14.6 Å². The zero-order valence-electron chi connectivity index (χ0n) is 16.3. The number of benzene rings is 2. The van der Waals surface area contributed by atoms with Crippen molar-refractivity contribution >= 4 is 0 Å². The zero-order chi connectivity index (χ0) is 19.2. The zero-order valence-corrected chi connectivity index (χ0v) is 16.3. The van der Waals surface area contributed by atoms with Crippen LogP contribution < -0.4 is 10.1 Å². The number of hydrogen-bond acceptors (Lipinski definition) is 5. The highest BCUT2D eigenvalue weighted by molar-refractivity contribution is 5.33. The third-order valence-electron chi connectivity index (χ3n) is 5.23. The summed E-state index contributed by atoms with van der Waals surface area (Å²) < 4.78 is 11.7. The predicted molar refractivity (Wildman–Crippen MR) is 108 cm³/mol. The first-order valence-electron chi connectivity index (χ1n) is 10.1. The number of nitrogens with one attached hydrogen (secondary N) is 1. The molecule has 0 bridgehead atoms. The van der Waals surface area contributed by atoms with E-state index in [4.69, 9.17) is 9.26 Å². The molecule has 1 aromatic heterocycles. The molecule has 1 atom stereocenters. The molecule has 146 valence electrons. The molecule has 1 fully saturated rings. The summed E-state index contributed by atoms with van der Waals surface area (Å²) in [5.74, 6) is 2.30. The smallest absolute Gasteiger partial charge is 0.243 e. The SMILES string of the molecule is CC(NCc1ccccc1OC1CCCC1)c1nc(Cc2ccccc2)no1. The Morgan fingerprint density at radius 3 is 2.64 bits per heavy atom. The Labute approximate surface area is 166 Å². The standard InChI is InChI=1S/C23H27N3O2/c1-17(23-25-22(26-28-23)15-18-9-3-2-4-10-18)24-16-19-11-5-8-14-21(19)27-20-12-6-7-13-20/h2-5,8-11,14,17,20,24H,6-7,12-13,15-16H2,1H3. The van der Waals surface area contributed by atoms with Gasteiger partial charge in [0, 0.05) is 18.5 Å². The second kappa shape index (κ2) is 9.02. The quantitative estimate of drug-likeness (QED) is 0.609. The van der Waals surface area contributed by atoms with Crippen LogP contribution in [0.1, 0.15) is 61.5 Å². The molecule has 0 saturated heterocycles. The second-order valence-electron chi connectivity index (χ2n) is 7.45. The summed E-state index contributed by atoms with van der Waals surface area (Å²) in [4.78, 5) is 4.55. The van der Waals surface area contributed by atoms with Crippen molar-refractivity contribution in [3.63, 3.8) is 0 Å². The first-order valence-corrected chi connectivity index (χ1v) is 10.1. The molecule has 1 aliphatic rings. The van der Waals surface area contributed by atoms with E-state index in [9.17, 15) is 0 Å². The number of aromatic nitrogens is 2. The van der Waals surface area contributed by atoms with Crippen LogP contribution in [0.4, 0.5) is 0 Å². The molecule has 5 heteroatoms. The van der Waals surface area contributed by atoms with Gasteiger partial charge in [0.05, 0.1) is 12.1 Å². The van der Waals surface area contributed by atoms with Crippen molar-refractivity contribution in [2.75, 3.05) is 0 Å². The molecule has 1 N–H and O–H groups in total. The minimum atomic E-state index is -0.0310. The Balaban J connectivity index is 1.35. The first kappa shape index (κ1) is 18.7. The third-order valence-corrected chi connectivity index (χ3v) is 5.23. The van der Waals surface area contributed by atoms with Crippen molar-refractivity contribution in [2.24, 2.45) is 0 Å². The molecule has 0 amide bonds. The molecular weight excluding hydrogens is 350 g/mol. The van der Waals surface area contributed by atoms with Crippen molar-refractivity contribution in [1.29, 1.82) is 0 Å². The molecule has 5 nitrogen and oxygen atoms in total. The second-order valence-corrected chi connectivity index (χ2v) is 7.45. The van der Waals surface area contributed by atoms with E-state index in [-0.39, 0.29) is 6.04 Å². The molecule has 0 radical (unpaired) electrons. The number of rotatable bonds is 8. The van der Waals surface area contributed by atoms with Crippen LogP contribution in [0.3, 0.4) is 0 Å². The van der Waals surface area contributed by atoms with Gasteiger partial charge in [0.1, 0.15) is 5.75 Å². The lowest BCUT2D eigenvalue weighted by molar-refractivity contribution is 0.207. The van der Waals surface area contributed by atoms with Crippen molar-refractivity contribution in [3.8, 4) is 5.75 Å². The van der Waals surface area contributed by atoms with E-state index in [2.05, 4.69) is 39.7 Å². The summed E-state index contributed by atoms with van der Waals surface area (Å²) in [6.07, 6.45) is 5.88. The van der Waals surface area contributed by atoms with E-state index in [1.165, 1.54) is 18.4 Å². The van der Waals surface area contributed by atoms with Crippen LogP contribution >= 0.6 is 0 Å². The Kier molecular flexibility index (Phi) is 6.02. The van der Waals surface area contributed by atoms with E-state index >= 15 is 0 Å². The van der Waals surface area contributed by atoms with Gasteiger partial charge in [0.15, 0.2) is 5.82 Å². The Morgan fingerprint density at radius 2 is 1.82 bits per heavy atom. The van der Waals surface area contributed by atoms with Gasteiger partial charge in [-0.15, -0.1) is 0 Å². The fraction of sp³-hybridized carbons (Fsp3) is 0.391. The lowest BCUT2D eigenvalue weighted by atomic mass is 10.1. The molecule has 1 aliphatic carbocycles. The van der Waals surface area contributed by atoms with Crippen LogP contribution in [0.2, 0.25) is 0 Å². The van der Waals surface area contributed by atoms with Crippen molar-refractivity contribution in [1.82, 2.24) is 15.5 Å². The molecule has 28 heavy (non-hydrogen) atoms. The van der Waals surface area contributed by atoms with Crippen LogP contribution in [0.15, 0.2) is 59.1 Å². The predicted octanol–water partition coefficient (Wildman–Crippen LogP) is 4.83. The van der Waals surface area contributed by atoms with Gasteiger partial charge >= 0.3 is 0 Å². The van der Waals surface area contributed by atoms with Crippen LogP contribution in [-0.4, -0.2) is 16.2 Å². The largest absolute Gasteiger partial charge is 0.490 e. The van der Waals surface area contributed by atoms with Crippen LogP contribution in [0, 0.1) is 0 Å². The number of hydrogen-bond donors (Lipinski definition) is 1. The van der Waals surface area contributed by atoms with E-state index in [0.717, 1.165) is 24.2 Å². The Bertz CT molecular complexity index is 872. The molecular formula is C23H27N3O2. The van der Waals surface area contributed by atoms with E-state index < -0.39 is 0 Å². The van der Waals surface area contributed by atoms with Crippen molar-refractivity contribution in [3.05, 3.63) is 77.4 Å². The highest BCUT2D eigenvalue weighted by atomic mass is 16.5. The highest BCUT2D eigenvalue weighted by Crippen LogP contribution is 2.27. The third kappa shape index (κ3) is 4.78. The number of para-hydroxylation sites is 1. The first-order chi connectivity index (χ1) is 13.8. The van der Waals surface area contributed by atoms with E-state index in [0.29, 0.717) is 30.8 Å². The molecule has 0 spiro atoms. The maximum atomic E-state index is 6.22. The lowest BCUT2D eigenvalue weighted by Crippen LogP contribution is -2.20. The molecule has 0 aliphatic heterocycles. The van der Waals surface area contributed by atoms with E-state index in [1.807, 2.05) is 37.3 Å². The maximum absolute atomic E-state index is 6.22. The Hall–Kier alpha value is -2.66. The average molecular weight is 377 g/mol. The lowest BCUT2D eigenvalue weighted by Gasteiger charge is -2.17. The average Bonchev–Trinajstić information content (AvgIpc) is 3.40. The van der Waals surface area contributed by atoms with Gasteiger partial charge in [-0.05, 0) is 44.2 Å². The summed E-state index contributed by atoms with van der Waals surface area (Å²) in [6, 6.07) is 18.4. The fourth-order valence-corrected chi connectivity index (χ4v) is 3.59. The fourth-order valence-electron chi connectivity index (χ4n) is 3.59. The molecule has 3 aromatic rings. The van der Waals surface area contributed by atoms with Gasteiger partial charge in [-0.3, -0.25) is 0 Å². The van der Waals surface area contributed by atoms with Gasteiger partial charge in [-0.1, -0.05) is 53.7 Å². The number of ether oxygens (including phenoxy) is 1. The minimum absolute atomic E-state index is 0.0310. The van der Waals surface area contributed by atoms with Gasteiger partial charge in [0.2, 0.25) is 5.89 Å². The summed E-state index contributed by atoms with van der Waals surface area (Å²) in [5, 5.41) is 7.60. The number of nitrogens with zero attached hydrogens (tertiary/aromatic N) is 2. The molecule has 4 rings (SSSR count). The van der Waals surface area contributed by atoms with Crippen LogP contribution in [0.25, 0.3) is 0 Å². The molecule has 1 unspecified atom stereocenters. The highest BCUT2D eigenvalue weighted by Gasteiger charge is 2.19. The molecule has 2 aromatic carbocycles. The topological polar surface area (TPSA) is 60.2 Å². The van der Waals surface area contributed by atoms with Gasteiger partial charge in [-0.25, -0.2) is 0 Å². The molecule has 1 saturated carbocycles. The summed E-state index contributed by atoms with van der Waals surface area (Å²) in [7, 11) is 0. The normalized spacial score (nSPS) is 15.6. The van der Waals surface area contributed by atoms with Crippen molar-refractivity contribution in [2.45, 2.75) is 57.7 Å². The Morgan fingerprint density at radius 1 is 1.07 bits per heavy atom. The maximum Gasteiger partial charge on any atom is 0.243 e. The van der Waals surface area contributed by atoms with Crippen molar-refractivity contribution < 1.29 is 9.26 Å². The van der Waals surface area contributed by atoms with Crippen LogP contribution in [-0.2, 0) is 13.0 Å². The van der Waals surface area contributed by atoms with Gasteiger partial charge in [0.25, 0.3) is 0 Å².